The van der Waals surface area contributed by atoms with E-state index in [4.69, 9.17) is 14.2 Å². The number of Topliss-reactive ketones (excluding diaryl/α,β-unsaturated/α-hetero) is 1. The van der Waals surface area contributed by atoms with Crippen LogP contribution in [0, 0.1) is 6.92 Å². The Hall–Kier alpha value is -4.70. The first-order valence-corrected chi connectivity index (χ1v) is 14.5. The van der Waals surface area contributed by atoms with Crippen LogP contribution in [-0.4, -0.2) is 39.7 Å². The molecule has 0 radical (unpaired) electrons. The van der Waals surface area contributed by atoms with Gasteiger partial charge in [-0.15, -0.1) is 10.2 Å². The van der Waals surface area contributed by atoms with E-state index in [1.54, 1.807) is 43.3 Å². The van der Waals surface area contributed by atoms with Gasteiger partial charge in [-0.25, -0.2) is 0 Å². The van der Waals surface area contributed by atoms with Crippen LogP contribution in [0.25, 0.3) is 5.76 Å². The summed E-state index contributed by atoms with van der Waals surface area (Å²) in [6, 6.07) is 19.3. The predicted molar refractivity (Wildman–Crippen MR) is 158 cm³/mol. The summed E-state index contributed by atoms with van der Waals surface area (Å²) in [4.78, 5) is 28.4. The van der Waals surface area contributed by atoms with Gasteiger partial charge in [-0.2, -0.15) is 0 Å². The van der Waals surface area contributed by atoms with Crippen molar-refractivity contribution in [1.82, 2.24) is 10.2 Å². The molecule has 42 heavy (non-hydrogen) atoms. The van der Waals surface area contributed by atoms with E-state index in [1.807, 2.05) is 44.2 Å². The fraction of sp³-hybridized carbons (Fsp3) is 0.250. The number of aliphatic hydroxyl groups excluding tert-OH is 1. The normalized spacial score (nSPS) is 19.1. The van der Waals surface area contributed by atoms with Crippen molar-refractivity contribution in [3.63, 3.8) is 0 Å². The van der Waals surface area contributed by atoms with Gasteiger partial charge in [0, 0.05) is 12.0 Å². The fourth-order valence-corrected chi connectivity index (χ4v) is 5.99. The van der Waals surface area contributed by atoms with E-state index in [1.165, 1.54) is 16.2 Å². The molecular formula is C32H29N3O6S. The lowest BCUT2D eigenvalue weighted by molar-refractivity contribution is -0.132. The van der Waals surface area contributed by atoms with Gasteiger partial charge in [0.05, 0.1) is 18.2 Å². The second-order valence-electron chi connectivity index (χ2n) is 10.1. The Kier molecular flexibility index (Phi) is 7.38. The van der Waals surface area contributed by atoms with Crippen molar-refractivity contribution in [3.05, 3.63) is 99.6 Å². The third-order valence-corrected chi connectivity index (χ3v) is 7.99. The average Bonchev–Trinajstić information content (AvgIpc) is 3.66. The van der Waals surface area contributed by atoms with Crippen LogP contribution >= 0.6 is 11.3 Å². The molecule has 0 aliphatic carbocycles. The highest BCUT2D eigenvalue weighted by Crippen LogP contribution is 2.45. The Balaban J connectivity index is 1.45. The van der Waals surface area contributed by atoms with Crippen molar-refractivity contribution in [2.24, 2.45) is 0 Å². The number of aryl methyl sites for hydroxylation is 1. The number of benzene rings is 3. The molecule has 2 aliphatic rings. The Morgan fingerprint density at radius 3 is 2.60 bits per heavy atom. The van der Waals surface area contributed by atoms with Crippen LogP contribution in [0.15, 0.2) is 72.3 Å². The number of amides is 1. The zero-order chi connectivity index (χ0) is 29.4. The first kappa shape index (κ1) is 27.5. The zero-order valence-electron chi connectivity index (χ0n) is 23.4. The Labute approximate surface area is 247 Å². The Morgan fingerprint density at radius 2 is 1.86 bits per heavy atom. The third kappa shape index (κ3) is 5.09. The van der Waals surface area contributed by atoms with Crippen molar-refractivity contribution < 1.29 is 28.9 Å². The molecule has 2 aliphatic heterocycles. The summed E-state index contributed by atoms with van der Waals surface area (Å²) in [5, 5.41) is 20.7. The van der Waals surface area contributed by atoms with Crippen LogP contribution in [0.5, 0.6) is 17.2 Å². The number of ether oxygens (including phenoxy) is 3. The molecule has 214 valence electrons. The van der Waals surface area contributed by atoms with Crippen molar-refractivity contribution in [2.45, 2.75) is 45.9 Å². The quantitative estimate of drug-likeness (QED) is 0.158. The number of carbonyl (C=O) groups is 2. The topological polar surface area (TPSA) is 111 Å². The van der Waals surface area contributed by atoms with Crippen LogP contribution < -0.4 is 19.1 Å². The molecule has 0 saturated carbocycles. The van der Waals surface area contributed by atoms with Crippen LogP contribution in [0.4, 0.5) is 5.13 Å². The number of ketones is 1. The number of nitrogens with zero attached hydrogens (tertiary/aromatic N) is 3. The van der Waals surface area contributed by atoms with Crippen molar-refractivity contribution >= 4 is 33.9 Å². The van der Waals surface area contributed by atoms with E-state index < -0.39 is 17.7 Å². The molecule has 1 fully saturated rings. The summed E-state index contributed by atoms with van der Waals surface area (Å²) in [6.07, 6.45) is 0.698. The predicted octanol–water partition coefficient (Wildman–Crippen LogP) is 5.77. The van der Waals surface area contributed by atoms with Crippen molar-refractivity contribution in [3.8, 4) is 17.2 Å². The molecule has 4 aromatic rings. The maximum absolute atomic E-state index is 13.6. The molecule has 0 bridgehead atoms. The number of carbonyl (C=O) groups excluding carboxylic acids is 2. The molecular weight excluding hydrogens is 554 g/mol. The van der Waals surface area contributed by atoms with E-state index in [0.29, 0.717) is 47.3 Å². The van der Waals surface area contributed by atoms with Crippen molar-refractivity contribution in [2.75, 3.05) is 11.5 Å². The lowest BCUT2D eigenvalue weighted by Gasteiger charge is -2.24. The van der Waals surface area contributed by atoms with Gasteiger partial charge >= 0.3 is 5.91 Å². The monoisotopic (exact) mass is 583 g/mol. The van der Waals surface area contributed by atoms with Gasteiger partial charge in [0.2, 0.25) is 5.13 Å². The minimum absolute atomic E-state index is 0.0169. The Morgan fingerprint density at radius 1 is 1.05 bits per heavy atom. The standard InChI is InChI=1S/C32H29N3O6S/c1-4-39-26-16-21(10-13-25(26)40-17-20-8-6-5-7-9-20)28-27(30(37)31(38)35(28)32-34-33-19(3)42-32)29(36)22-11-12-24-23(15-22)14-18(2)41-24/h5-13,15-16,18,28,36H,4,14,17H2,1-3H3/b29-27+. The molecule has 1 N–H and O–H groups in total. The maximum Gasteiger partial charge on any atom is 0.301 e. The molecule has 1 amide bonds. The van der Waals surface area contributed by atoms with Crippen LogP contribution in [0.1, 0.15) is 47.2 Å². The van der Waals surface area contributed by atoms with Gasteiger partial charge in [-0.1, -0.05) is 47.7 Å². The Bertz CT molecular complexity index is 1700. The number of aliphatic hydroxyl groups is 1. The maximum atomic E-state index is 13.6. The van der Waals surface area contributed by atoms with E-state index in [9.17, 15) is 14.7 Å². The number of anilines is 1. The first-order valence-electron chi connectivity index (χ1n) is 13.7. The van der Waals surface area contributed by atoms with Crippen LogP contribution in [0.3, 0.4) is 0 Å². The van der Waals surface area contributed by atoms with Crippen molar-refractivity contribution in [1.29, 1.82) is 0 Å². The van der Waals surface area contributed by atoms with E-state index in [0.717, 1.165) is 16.9 Å². The zero-order valence-corrected chi connectivity index (χ0v) is 24.2. The number of aromatic nitrogens is 2. The smallest absolute Gasteiger partial charge is 0.301 e. The molecule has 9 nitrogen and oxygen atoms in total. The molecule has 6 rings (SSSR count). The lowest BCUT2D eigenvalue weighted by Crippen LogP contribution is -2.29. The summed E-state index contributed by atoms with van der Waals surface area (Å²) in [6.45, 7) is 6.31. The number of hydrogen-bond acceptors (Lipinski definition) is 9. The molecule has 2 unspecified atom stereocenters. The molecule has 2 atom stereocenters. The summed E-state index contributed by atoms with van der Waals surface area (Å²) in [7, 11) is 0. The highest BCUT2D eigenvalue weighted by Gasteiger charge is 2.48. The van der Waals surface area contributed by atoms with Gasteiger partial charge < -0.3 is 19.3 Å². The van der Waals surface area contributed by atoms with Gasteiger partial charge in [0.25, 0.3) is 5.78 Å². The van der Waals surface area contributed by atoms with Gasteiger partial charge in [-0.3, -0.25) is 14.5 Å². The SMILES string of the molecule is CCOc1cc(C2/C(=C(\O)c3ccc4c(c3)CC(C)O4)C(=O)C(=O)N2c2nnc(C)s2)ccc1OCc1ccccc1. The average molecular weight is 584 g/mol. The summed E-state index contributed by atoms with van der Waals surface area (Å²) in [5.74, 6) is -0.162. The van der Waals surface area contributed by atoms with E-state index in [2.05, 4.69) is 10.2 Å². The molecule has 0 spiro atoms. The lowest BCUT2D eigenvalue weighted by atomic mass is 9.94. The third-order valence-electron chi connectivity index (χ3n) is 7.16. The minimum Gasteiger partial charge on any atom is -0.507 e. The highest BCUT2D eigenvalue weighted by molar-refractivity contribution is 7.15. The fourth-order valence-electron chi connectivity index (χ4n) is 5.27. The molecule has 1 aromatic heterocycles. The van der Waals surface area contributed by atoms with Crippen LogP contribution in [-0.2, 0) is 22.6 Å². The number of hydrogen-bond donors (Lipinski definition) is 1. The van der Waals surface area contributed by atoms with Crippen LogP contribution in [0.2, 0.25) is 0 Å². The van der Waals surface area contributed by atoms with Gasteiger partial charge in [-0.05, 0) is 67.8 Å². The van der Waals surface area contributed by atoms with E-state index in [-0.39, 0.29) is 22.6 Å². The molecule has 1 saturated heterocycles. The van der Waals surface area contributed by atoms with E-state index >= 15 is 0 Å². The molecule has 10 heteroatoms. The second-order valence-corrected chi connectivity index (χ2v) is 11.3. The molecule has 3 aromatic carbocycles. The van der Waals surface area contributed by atoms with Gasteiger partial charge in [0.15, 0.2) is 11.5 Å². The largest absolute Gasteiger partial charge is 0.507 e. The van der Waals surface area contributed by atoms with Gasteiger partial charge in [0.1, 0.15) is 29.2 Å². The minimum atomic E-state index is -0.969. The second kappa shape index (κ2) is 11.3. The highest BCUT2D eigenvalue weighted by atomic mass is 32.1. The summed E-state index contributed by atoms with van der Waals surface area (Å²) in [5.41, 5.74) is 2.86. The number of fused-ring (bicyclic) bond motifs is 1. The number of rotatable bonds is 8. The summed E-state index contributed by atoms with van der Waals surface area (Å²) < 4.78 is 17.8. The summed E-state index contributed by atoms with van der Waals surface area (Å²) >= 11 is 1.19. The molecule has 3 heterocycles. The first-order chi connectivity index (χ1) is 20.3.